The SMILES string of the molecule is NC(=O)c1ccc(Oc2cc(OCC3CO3)c3c(c2)[nH]c2ccccc23)cc1. The van der Waals surface area contributed by atoms with Crippen molar-refractivity contribution in [1.29, 1.82) is 0 Å². The molecule has 0 spiro atoms. The first-order valence-electron chi connectivity index (χ1n) is 9.04. The number of carbonyl (C=O) groups excluding carboxylic acids is 1. The standard InChI is InChI=1S/C22H18N2O4/c23-22(25)13-5-7-14(8-6-13)28-15-9-19-21(17-3-1-2-4-18(17)24-19)20(10-15)27-12-16-11-26-16/h1-10,16,24H,11-12H2,(H2,23,25). The Bertz CT molecular complexity index is 1180. The highest BCUT2D eigenvalue weighted by Gasteiger charge is 2.24. The summed E-state index contributed by atoms with van der Waals surface area (Å²) in [6, 6.07) is 18.6. The zero-order valence-electron chi connectivity index (χ0n) is 15.0. The van der Waals surface area contributed by atoms with Crippen LogP contribution in [0.1, 0.15) is 10.4 Å². The third kappa shape index (κ3) is 3.14. The van der Waals surface area contributed by atoms with Gasteiger partial charge in [0, 0.05) is 34.0 Å². The Balaban J connectivity index is 1.54. The number of benzene rings is 3. The van der Waals surface area contributed by atoms with Crippen molar-refractivity contribution in [2.45, 2.75) is 6.10 Å². The summed E-state index contributed by atoms with van der Waals surface area (Å²) >= 11 is 0. The second-order valence-electron chi connectivity index (χ2n) is 6.77. The number of aromatic nitrogens is 1. The lowest BCUT2D eigenvalue weighted by molar-refractivity contribution is 0.100. The lowest BCUT2D eigenvalue weighted by atomic mass is 10.1. The molecule has 1 amide bonds. The van der Waals surface area contributed by atoms with Crippen LogP contribution in [0.3, 0.4) is 0 Å². The van der Waals surface area contributed by atoms with Crippen LogP contribution in [0.5, 0.6) is 17.2 Å². The van der Waals surface area contributed by atoms with Crippen molar-refractivity contribution in [3.63, 3.8) is 0 Å². The van der Waals surface area contributed by atoms with E-state index in [0.29, 0.717) is 23.7 Å². The molecule has 3 aromatic carbocycles. The number of nitrogens with two attached hydrogens (primary N) is 1. The molecule has 6 heteroatoms. The van der Waals surface area contributed by atoms with Crippen molar-refractivity contribution in [3.8, 4) is 17.2 Å². The van der Waals surface area contributed by atoms with Crippen molar-refractivity contribution in [1.82, 2.24) is 4.98 Å². The number of H-pyrrole nitrogens is 1. The average Bonchev–Trinajstić information content (AvgIpc) is 3.45. The van der Waals surface area contributed by atoms with Crippen LogP contribution in [-0.2, 0) is 4.74 Å². The predicted octanol–water partition coefficient (Wildman–Crippen LogP) is 3.99. The topological polar surface area (TPSA) is 89.9 Å². The summed E-state index contributed by atoms with van der Waals surface area (Å²) in [6.45, 7) is 1.24. The summed E-state index contributed by atoms with van der Waals surface area (Å²) in [5.74, 6) is 1.52. The Morgan fingerprint density at radius 1 is 1.07 bits per heavy atom. The maximum atomic E-state index is 11.2. The zero-order valence-corrected chi connectivity index (χ0v) is 15.0. The molecule has 0 saturated carbocycles. The van der Waals surface area contributed by atoms with Gasteiger partial charge in [-0.2, -0.15) is 0 Å². The van der Waals surface area contributed by atoms with Crippen LogP contribution >= 0.6 is 0 Å². The summed E-state index contributed by atoms with van der Waals surface area (Å²) in [4.78, 5) is 14.6. The van der Waals surface area contributed by atoms with Crippen molar-refractivity contribution >= 4 is 27.7 Å². The van der Waals surface area contributed by atoms with Gasteiger partial charge >= 0.3 is 0 Å². The molecule has 3 N–H and O–H groups in total. The van der Waals surface area contributed by atoms with Crippen LogP contribution in [-0.4, -0.2) is 30.2 Å². The zero-order chi connectivity index (χ0) is 19.1. The fraction of sp³-hybridized carbons (Fsp3) is 0.136. The highest BCUT2D eigenvalue weighted by molar-refractivity contribution is 6.10. The van der Waals surface area contributed by atoms with Gasteiger partial charge < -0.3 is 24.9 Å². The molecule has 4 aromatic rings. The fourth-order valence-electron chi connectivity index (χ4n) is 3.26. The van der Waals surface area contributed by atoms with Gasteiger partial charge in [0.15, 0.2) is 0 Å². The van der Waals surface area contributed by atoms with Crippen molar-refractivity contribution < 1.29 is 19.0 Å². The molecule has 1 unspecified atom stereocenters. The smallest absolute Gasteiger partial charge is 0.248 e. The molecule has 1 aliphatic rings. The molecule has 0 aliphatic carbocycles. The number of rotatable bonds is 6. The second-order valence-corrected chi connectivity index (χ2v) is 6.77. The van der Waals surface area contributed by atoms with Crippen molar-refractivity contribution in [3.05, 3.63) is 66.2 Å². The number of para-hydroxylation sites is 1. The number of amides is 1. The van der Waals surface area contributed by atoms with E-state index < -0.39 is 5.91 Å². The summed E-state index contributed by atoms with van der Waals surface area (Å²) in [5.41, 5.74) is 7.69. The Morgan fingerprint density at radius 2 is 1.86 bits per heavy atom. The normalized spacial score (nSPS) is 15.6. The van der Waals surface area contributed by atoms with E-state index in [-0.39, 0.29) is 6.10 Å². The highest BCUT2D eigenvalue weighted by atomic mass is 16.6. The van der Waals surface area contributed by atoms with E-state index in [9.17, 15) is 4.79 Å². The fourth-order valence-corrected chi connectivity index (χ4v) is 3.26. The van der Waals surface area contributed by atoms with E-state index in [4.69, 9.17) is 19.9 Å². The summed E-state index contributed by atoms with van der Waals surface area (Å²) in [6.07, 6.45) is 0.158. The van der Waals surface area contributed by atoms with Gasteiger partial charge in [0.2, 0.25) is 5.91 Å². The number of nitrogens with one attached hydrogen (secondary N) is 1. The predicted molar refractivity (Wildman–Crippen MR) is 106 cm³/mol. The molecule has 1 atom stereocenters. The quantitative estimate of drug-likeness (QED) is 0.499. The van der Waals surface area contributed by atoms with Crippen LogP contribution in [0, 0.1) is 0 Å². The van der Waals surface area contributed by atoms with Gasteiger partial charge in [-0.25, -0.2) is 0 Å². The van der Waals surface area contributed by atoms with E-state index in [2.05, 4.69) is 11.1 Å². The van der Waals surface area contributed by atoms with Crippen LogP contribution in [0.2, 0.25) is 0 Å². The molecular weight excluding hydrogens is 356 g/mol. The Kier molecular flexibility index (Phi) is 3.91. The molecule has 0 radical (unpaired) electrons. The molecule has 2 heterocycles. The first-order valence-corrected chi connectivity index (χ1v) is 9.04. The minimum atomic E-state index is -0.468. The second kappa shape index (κ2) is 6.58. The number of epoxide rings is 1. The number of aromatic amines is 1. The van der Waals surface area contributed by atoms with Gasteiger partial charge in [0.25, 0.3) is 0 Å². The summed E-state index contributed by atoms with van der Waals surface area (Å²) < 4.78 is 17.3. The molecule has 1 saturated heterocycles. The maximum absolute atomic E-state index is 11.2. The van der Waals surface area contributed by atoms with Gasteiger partial charge in [-0.1, -0.05) is 18.2 Å². The van der Waals surface area contributed by atoms with Crippen LogP contribution in [0.4, 0.5) is 0 Å². The number of primary amides is 1. The third-order valence-electron chi connectivity index (χ3n) is 4.74. The minimum Gasteiger partial charge on any atom is -0.490 e. The van der Waals surface area contributed by atoms with E-state index in [1.165, 1.54) is 0 Å². The molecule has 1 aliphatic heterocycles. The third-order valence-corrected chi connectivity index (χ3v) is 4.74. The Hall–Kier alpha value is -3.51. The number of fused-ring (bicyclic) bond motifs is 3. The Labute approximate surface area is 160 Å². The van der Waals surface area contributed by atoms with E-state index in [1.54, 1.807) is 24.3 Å². The van der Waals surface area contributed by atoms with E-state index >= 15 is 0 Å². The van der Waals surface area contributed by atoms with Gasteiger partial charge in [-0.3, -0.25) is 4.79 Å². The average molecular weight is 374 g/mol. The van der Waals surface area contributed by atoms with Crippen molar-refractivity contribution in [2.24, 2.45) is 5.73 Å². The lowest BCUT2D eigenvalue weighted by Gasteiger charge is -2.11. The van der Waals surface area contributed by atoms with Crippen molar-refractivity contribution in [2.75, 3.05) is 13.2 Å². The van der Waals surface area contributed by atoms with Gasteiger partial charge in [-0.05, 0) is 30.3 Å². The van der Waals surface area contributed by atoms with Crippen LogP contribution < -0.4 is 15.2 Å². The highest BCUT2D eigenvalue weighted by Crippen LogP contribution is 2.38. The number of carbonyl (C=O) groups is 1. The van der Waals surface area contributed by atoms with E-state index in [1.807, 2.05) is 30.3 Å². The molecule has 1 fully saturated rings. The largest absolute Gasteiger partial charge is 0.490 e. The molecule has 28 heavy (non-hydrogen) atoms. The number of ether oxygens (including phenoxy) is 3. The van der Waals surface area contributed by atoms with Crippen LogP contribution in [0.15, 0.2) is 60.7 Å². The molecule has 140 valence electrons. The Morgan fingerprint density at radius 3 is 2.61 bits per heavy atom. The molecule has 6 nitrogen and oxygen atoms in total. The molecular formula is C22H18N2O4. The monoisotopic (exact) mass is 374 g/mol. The first-order chi connectivity index (χ1) is 13.7. The summed E-state index contributed by atoms with van der Waals surface area (Å²) in [5, 5.41) is 2.12. The van der Waals surface area contributed by atoms with Gasteiger partial charge in [0.05, 0.1) is 12.1 Å². The van der Waals surface area contributed by atoms with Gasteiger partial charge in [-0.15, -0.1) is 0 Å². The van der Waals surface area contributed by atoms with Crippen LogP contribution in [0.25, 0.3) is 21.8 Å². The molecule has 5 rings (SSSR count). The molecule has 1 aromatic heterocycles. The maximum Gasteiger partial charge on any atom is 0.248 e. The first kappa shape index (κ1) is 16.6. The number of hydrogen-bond donors (Lipinski definition) is 2. The van der Waals surface area contributed by atoms with E-state index in [0.717, 1.165) is 34.2 Å². The number of hydrogen-bond acceptors (Lipinski definition) is 4. The molecule has 0 bridgehead atoms. The van der Waals surface area contributed by atoms with Gasteiger partial charge in [0.1, 0.15) is 30.0 Å². The minimum absolute atomic E-state index is 0.158. The summed E-state index contributed by atoms with van der Waals surface area (Å²) in [7, 11) is 0. The lowest BCUT2D eigenvalue weighted by Crippen LogP contribution is -2.10.